The first kappa shape index (κ1) is 15.4. The Kier molecular flexibility index (Phi) is 4.24. The van der Waals surface area contributed by atoms with Crippen LogP contribution in [-0.4, -0.2) is 23.4 Å². The van der Waals surface area contributed by atoms with Gasteiger partial charge in [0.1, 0.15) is 17.4 Å². The standard InChI is InChI=1S/C14H19FN4O2/c1-14(2,13(16)21)17-12(20)11-7-10(18-19-11)8-3-5-9(15)6-4-8/h3-6,10-11,18-19H,7H2,1-2H3,(H2,16,21)(H,17,20). The van der Waals surface area contributed by atoms with Gasteiger partial charge in [0.2, 0.25) is 11.8 Å². The summed E-state index contributed by atoms with van der Waals surface area (Å²) in [7, 11) is 0. The smallest absolute Gasteiger partial charge is 0.242 e. The van der Waals surface area contributed by atoms with Crippen molar-refractivity contribution in [1.82, 2.24) is 16.2 Å². The van der Waals surface area contributed by atoms with Gasteiger partial charge < -0.3 is 11.1 Å². The van der Waals surface area contributed by atoms with Crippen LogP contribution in [0.5, 0.6) is 0 Å². The number of carbonyl (C=O) groups is 2. The number of amides is 2. The van der Waals surface area contributed by atoms with Gasteiger partial charge in [-0.15, -0.1) is 0 Å². The number of carbonyl (C=O) groups excluding carboxylic acids is 2. The zero-order chi connectivity index (χ0) is 15.6. The lowest BCUT2D eigenvalue weighted by atomic mass is 10.00. The molecule has 1 aromatic carbocycles. The lowest BCUT2D eigenvalue weighted by Crippen LogP contribution is -2.57. The van der Waals surface area contributed by atoms with Gasteiger partial charge in [0.05, 0.1) is 0 Å². The maximum atomic E-state index is 12.9. The molecule has 2 rings (SSSR count). The molecule has 0 bridgehead atoms. The van der Waals surface area contributed by atoms with Crippen LogP contribution in [0, 0.1) is 5.82 Å². The molecular weight excluding hydrogens is 275 g/mol. The molecule has 2 atom stereocenters. The second-order valence-corrected chi connectivity index (χ2v) is 5.66. The molecule has 1 aromatic rings. The highest BCUT2D eigenvalue weighted by atomic mass is 19.1. The molecule has 0 saturated carbocycles. The van der Waals surface area contributed by atoms with Crippen molar-refractivity contribution < 1.29 is 14.0 Å². The van der Waals surface area contributed by atoms with E-state index in [2.05, 4.69) is 16.2 Å². The summed E-state index contributed by atoms with van der Waals surface area (Å²) in [5.41, 5.74) is 10.9. The third kappa shape index (κ3) is 3.56. The van der Waals surface area contributed by atoms with E-state index in [9.17, 15) is 14.0 Å². The van der Waals surface area contributed by atoms with Crippen molar-refractivity contribution in [2.24, 2.45) is 5.73 Å². The second kappa shape index (κ2) is 5.79. The predicted octanol–water partition coefficient (Wildman–Crippen LogP) is 0.113. The van der Waals surface area contributed by atoms with Gasteiger partial charge in [0.15, 0.2) is 0 Å². The van der Waals surface area contributed by atoms with Crippen LogP contribution in [0.1, 0.15) is 31.9 Å². The van der Waals surface area contributed by atoms with E-state index in [1.165, 1.54) is 12.1 Å². The number of hydrazine groups is 1. The van der Waals surface area contributed by atoms with Crippen LogP contribution in [-0.2, 0) is 9.59 Å². The second-order valence-electron chi connectivity index (χ2n) is 5.66. The highest BCUT2D eigenvalue weighted by Gasteiger charge is 2.34. The molecule has 6 nitrogen and oxygen atoms in total. The van der Waals surface area contributed by atoms with Crippen molar-refractivity contribution in [2.45, 2.75) is 37.9 Å². The average molecular weight is 294 g/mol. The largest absolute Gasteiger partial charge is 0.368 e. The van der Waals surface area contributed by atoms with Gasteiger partial charge >= 0.3 is 0 Å². The normalized spacial score (nSPS) is 22.0. The molecule has 0 radical (unpaired) electrons. The maximum Gasteiger partial charge on any atom is 0.242 e. The van der Waals surface area contributed by atoms with Crippen LogP contribution in [0.15, 0.2) is 24.3 Å². The average Bonchev–Trinajstić information content (AvgIpc) is 2.88. The fraction of sp³-hybridized carbons (Fsp3) is 0.429. The Labute approximate surface area is 122 Å². The molecule has 2 unspecified atom stereocenters. The molecule has 2 amide bonds. The van der Waals surface area contributed by atoms with Gasteiger partial charge in [0, 0.05) is 6.04 Å². The number of halogens is 1. The van der Waals surface area contributed by atoms with E-state index in [4.69, 9.17) is 5.73 Å². The third-order valence-corrected chi connectivity index (χ3v) is 3.54. The number of nitrogens with two attached hydrogens (primary N) is 1. The Morgan fingerprint density at radius 3 is 2.48 bits per heavy atom. The maximum absolute atomic E-state index is 12.9. The molecule has 114 valence electrons. The van der Waals surface area contributed by atoms with Gasteiger partial charge in [0.25, 0.3) is 0 Å². The Hall–Kier alpha value is -1.99. The van der Waals surface area contributed by atoms with Crippen molar-refractivity contribution in [2.75, 3.05) is 0 Å². The molecule has 0 aromatic heterocycles. The van der Waals surface area contributed by atoms with E-state index in [1.807, 2.05) is 0 Å². The highest BCUT2D eigenvalue weighted by molar-refractivity contribution is 5.91. The zero-order valence-electron chi connectivity index (χ0n) is 11.9. The summed E-state index contributed by atoms with van der Waals surface area (Å²) < 4.78 is 12.9. The summed E-state index contributed by atoms with van der Waals surface area (Å²) in [5, 5.41) is 2.60. The van der Waals surface area contributed by atoms with Crippen molar-refractivity contribution in [3.63, 3.8) is 0 Å². The Bertz CT molecular complexity index is 544. The minimum atomic E-state index is -1.10. The van der Waals surface area contributed by atoms with Crippen LogP contribution in [0.2, 0.25) is 0 Å². The lowest BCUT2D eigenvalue weighted by Gasteiger charge is -2.24. The summed E-state index contributed by atoms with van der Waals surface area (Å²) in [6.07, 6.45) is 0.492. The summed E-state index contributed by atoms with van der Waals surface area (Å²) in [5.74, 6) is -1.21. The first-order chi connectivity index (χ1) is 9.79. The van der Waals surface area contributed by atoms with Crippen LogP contribution >= 0.6 is 0 Å². The number of primary amides is 1. The first-order valence-corrected chi connectivity index (χ1v) is 6.68. The van der Waals surface area contributed by atoms with Crippen LogP contribution in [0.3, 0.4) is 0 Å². The fourth-order valence-electron chi connectivity index (χ4n) is 2.10. The topological polar surface area (TPSA) is 96.2 Å². The van der Waals surface area contributed by atoms with Crippen LogP contribution in [0.4, 0.5) is 4.39 Å². The quantitative estimate of drug-likeness (QED) is 0.634. The number of rotatable bonds is 4. The molecule has 1 heterocycles. The molecule has 1 aliphatic heterocycles. The minimum absolute atomic E-state index is 0.0990. The summed E-state index contributed by atoms with van der Waals surface area (Å²) >= 11 is 0. The molecule has 0 spiro atoms. The Morgan fingerprint density at radius 1 is 1.29 bits per heavy atom. The van der Waals surface area contributed by atoms with E-state index in [0.717, 1.165) is 5.56 Å². The molecule has 0 aliphatic carbocycles. The van der Waals surface area contributed by atoms with Gasteiger partial charge in [-0.05, 0) is 38.0 Å². The molecule has 1 aliphatic rings. The lowest BCUT2D eigenvalue weighted by molar-refractivity contribution is -0.131. The first-order valence-electron chi connectivity index (χ1n) is 6.68. The van der Waals surface area contributed by atoms with Crippen molar-refractivity contribution >= 4 is 11.8 Å². The number of hydrogen-bond acceptors (Lipinski definition) is 4. The van der Waals surface area contributed by atoms with Crippen LogP contribution < -0.4 is 21.9 Å². The zero-order valence-corrected chi connectivity index (χ0v) is 11.9. The van der Waals surface area contributed by atoms with Crippen molar-refractivity contribution in [3.05, 3.63) is 35.6 Å². The Morgan fingerprint density at radius 2 is 1.90 bits per heavy atom. The number of benzene rings is 1. The summed E-state index contributed by atoms with van der Waals surface area (Å²) in [6, 6.07) is 5.50. The monoisotopic (exact) mass is 294 g/mol. The van der Waals surface area contributed by atoms with Gasteiger partial charge in [-0.2, -0.15) is 0 Å². The van der Waals surface area contributed by atoms with Gasteiger partial charge in [-0.3, -0.25) is 9.59 Å². The van der Waals surface area contributed by atoms with E-state index in [0.29, 0.717) is 6.42 Å². The number of hydrogen-bond donors (Lipinski definition) is 4. The predicted molar refractivity (Wildman–Crippen MR) is 75.2 cm³/mol. The Balaban J connectivity index is 1.97. The highest BCUT2D eigenvalue weighted by Crippen LogP contribution is 2.22. The molecule has 5 N–H and O–H groups in total. The van der Waals surface area contributed by atoms with Crippen LogP contribution in [0.25, 0.3) is 0 Å². The van der Waals surface area contributed by atoms with E-state index in [-0.39, 0.29) is 17.8 Å². The van der Waals surface area contributed by atoms with Crippen molar-refractivity contribution in [1.29, 1.82) is 0 Å². The number of nitrogens with one attached hydrogen (secondary N) is 3. The molecule has 1 saturated heterocycles. The van der Waals surface area contributed by atoms with Gasteiger partial charge in [-0.1, -0.05) is 12.1 Å². The molecular formula is C14H19FN4O2. The minimum Gasteiger partial charge on any atom is -0.368 e. The van der Waals surface area contributed by atoms with E-state index >= 15 is 0 Å². The SMILES string of the molecule is CC(C)(NC(=O)C1CC(c2ccc(F)cc2)NN1)C(N)=O. The van der Waals surface area contributed by atoms with Crippen molar-refractivity contribution in [3.8, 4) is 0 Å². The summed E-state index contributed by atoms with van der Waals surface area (Å²) in [4.78, 5) is 23.3. The fourth-order valence-corrected chi connectivity index (χ4v) is 2.10. The van der Waals surface area contributed by atoms with E-state index < -0.39 is 17.5 Å². The molecule has 7 heteroatoms. The molecule has 21 heavy (non-hydrogen) atoms. The van der Waals surface area contributed by atoms with Gasteiger partial charge in [-0.25, -0.2) is 15.2 Å². The van der Waals surface area contributed by atoms with E-state index in [1.54, 1.807) is 26.0 Å². The molecule has 1 fully saturated rings. The third-order valence-electron chi connectivity index (χ3n) is 3.54. The summed E-state index contributed by atoms with van der Waals surface area (Å²) in [6.45, 7) is 3.10.